The minimum absolute atomic E-state index is 0.232. The topological polar surface area (TPSA) is 55.8 Å². The van der Waals surface area contributed by atoms with E-state index in [1.54, 1.807) is 32.4 Å². The molecule has 0 aliphatic carbocycles. The summed E-state index contributed by atoms with van der Waals surface area (Å²) in [6.45, 7) is 0.232. The third-order valence-electron chi connectivity index (χ3n) is 3.87. The fourth-order valence-electron chi connectivity index (χ4n) is 2.53. The summed E-state index contributed by atoms with van der Waals surface area (Å²) in [5.41, 5.74) is 1.64. The van der Waals surface area contributed by atoms with E-state index < -0.39 is 0 Å². The summed E-state index contributed by atoms with van der Waals surface area (Å²) >= 11 is 4.38. The summed E-state index contributed by atoms with van der Waals surface area (Å²) in [6.07, 6.45) is 1.69. The summed E-state index contributed by atoms with van der Waals surface area (Å²) < 4.78 is 11.3. The highest BCUT2D eigenvalue weighted by Gasteiger charge is 2.35. The van der Waals surface area contributed by atoms with Crippen molar-refractivity contribution in [3.8, 4) is 11.5 Å². The molecule has 0 bridgehead atoms. The highest BCUT2D eigenvalue weighted by molar-refractivity contribution is 9.10. The lowest BCUT2D eigenvalue weighted by Gasteiger charge is -2.13. The van der Waals surface area contributed by atoms with Crippen LogP contribution in [0.2, 0.25) is 0 Å². The van der Waals surface area contributed by atoms with Crippen LogP contribution in [0.15, 0.2) is 51.8 Å². The van der Waals surface area contributed by atoms with Crippen molar-refractivity contribution < 1.29 is 19.1 Å². The van der Waals surface area contributed by atoms with Crippen LogP contribution >= 0.6 is 27.7 Å². The molecule has 3 rings (SSSR count). The molecule has 0 N–H and O–H groups in total. The highest BCUT2D eigenvalue weighted by atomic mass is 79.9. The Morgan fingerprint density at radius 2 is 1.81 bits per heavy atom. The molecule has 0 atom stereocenters. The largest absolute Gasteiger partial charge is 0.493 e. The molecule has 0 radical (unpaired) electrons. The zero-order valence-corrected chi connectivity index (χ0v) is 16.6. The minimum atomic E-state index is -0.300. The number of imide groups is 1. The second kappa shape index (κ2) is 7.97. The summed E-state index contributed by atoms with van der Waals surface area (Å²) in [6, 6.07) is 12.9. The Morgan fingerprint density at radius 3 is 2.50 bits per heavy atom. The molecule has 7 heteroatoms. The second-order valence-electron chi connectivity index (χ2n) is 5.47. The van der Waals surface area contributed by atoms with Crippen molar-refractivity contribution in [3.05, 3.63) is 63.0 Å². The molecule has 1 saturated heterocycles. The quantitative estimate of drug-likeness (QED) is 0.639. The number of hydrogen-bond donors (Lipinski definition) is 0. The maximum Gasteiger partial charge on any atom is 0.293 e. The van der Waals surface area contributed by atoms with Gasteiger partial charge in [0.1, 0.15) is 0 Å². The van der Waals surface area contributed by atoms with Crippen LogP contribution in [0.3, 0.4) is 0 Å². The predicted molar refractivity (Wildman–Crippen MR) is 105 cm³/mol. The van der Waals surface area contributed by atoms with Gasteiger partial charge >= 0.3 is 0 Å². The Morgan fingerprint density at radius 1 is 1.08 bits per heavy atom. The van der Waals surface area contributed by atoms with E-state index in [4.69, 9.17) is 9.47 Å². The molecule has 1 heterocycles. The number of benzene rings is 2. The fourth-order valence-corrected chi connectivity index (χ4v) is 3.78. The van der Waals surface area contributed by atoms with Gasteiger partial charge in [-0.3, -0.25) is 14.5 Å². The number of halogens is 1. The summed E-state index contributed by atoms with van der Waals surface area (Å²) in [4.78, 5) is 26.6. The standard InChI is InChI=1S/C19H16BrNO4S/c1-24-15-8-7-12(9-16(15)25-2)10-17-18(22)21(19(23)26-17)11-13-5-3-4-6-14(13)20/h3-10H,11H2,1-2H3/b17-10+. The van der Waals surface area contributed by atoms with Crippen LogP contribution in [0, 0.1) is 0 Å². The molecular formula is C19H16BrNO4S. The highest BCUT2D eigenvalue weighted by Crippen LogP contribution is 2.35. The Labute approximate surface area is 164 Å². The maximum atomic E-state index is 12.7. The normalized spacial score (nSPS) is 15.7. The van der Waals surface area contributed by atoms with Gasteiger partial charge in [-0.05, 0) is 47.2 Å². The second-order valence-corrected chi connectivity index (χ2v) is 7.32. The molecule has 2 aromatic carbocycles. The molecule has 1 aliphatic rings. The Kier molecular flexibility index (Phi) is 5.68. The molecule has 1 fully saturated rings. The van der Waals surface area contributed by atoms with E-state index >= 15 is 0 Å². The summed E-state index contributed by atoms with van der Waals surface area (Å²) in [5, 5.41) is -0.280. The lowest BCUT2D eigenvalue weighted by Crippen LogP contribution is -2.27. The molecule has 26 heavy (non-hydrogen) atoms. The first-order valence-electron chi connectivity index (χ1n) is 7.74. The Balaban J connectivity index is 1.84. The van der Waals surface area contributed by atoms with Gasteiger partial charge < -0.3 is 9.47 Å². The number of thioether (sulfide) groups is 1. The van der Waals surface area contributed by atoms with Crippen LogP contribution < -0.4 is 9.47 Å². The minimum Gasteiger partial charge on any atom is -0.493 e. The number of methoxy groups -OCH3 is 2. The van der Waals surface area contributed by atoms with Crippen LogP contribution in [-0.4, -0.2) is 30.3 Å². The molecule has 0 aromatic heterocycles. The third-order valence-corrected chi connectivity index (χ3v) is 5.55. The fraction of sp³-hybridized carbons (Fsp3) is 0.158. The zero-order valence-electron chi connectivity index (χ0n) is 14.2. The molecule has 5 nitrogen and oxygen atoms in total. The van der Waals surface area contributed by atoms with Crippen molar-refractivity contribution in [2.45, 2.75) is 6.54 Å². The third kappa shape index (κ3) is 3.78. The Hall–Kier alpha value is -2.25. The first kappa shape index (κ1) is 18.5. The molecule has 0 saturated carbocycles. The number of carbonyl (C=O) groups is 2. The van der Waals surface area contributed by atoms with E-state index in [1.807, 2.05) is 30.3 Å². The van der Waals surface area contributed by atoms with Crippen LogP contribution in [-0.2, 0) is 11.3 Å². The van der Waals surface area contributed by atoms with Gasteiger partial charge in [0.25, 0.3) is 11.1 Å². The Bertz CT molecular complexity index is 897. The molecule has 2 amide bonds. The summed E-state index contributed by atoms with van der Waals surface area (Å²) in [5.74, 6) is 0.867. The number of nitrogens with zero attached hydrogens (tertiary/aromatic N) is 1. The first-order chi connectivity index (χ1) is 12.5. The van der Waals surface area contributed by atoms with Gasteiger partial charge in [0.05, 0.1) is 25.7 Å². The van der Waals surface area contributed by atoms with Crippen molar-refractivity contribution in [1.29, 1.82) is 0 Å². The maximum absolute atomic E-state index is 12.7. The number of ether oxygens (including phenoxy) is 2. The van der Waals surface area contributed by atoms with Crippen molar-refractivity contribution >= 4 is 44.9 Å². The smallest absolute Gasteiger partial charge is 0.293 e. The predicted octanol–water partition coefficient (Wildman–Crippen LogP) is 4.70. The first-order valence-corrected chi connectivity index (χ1v) is 9.35. The van der Waals surface area contributed by atoms with E-state index in [2.05, 4.69) is 15.9 Å². The molecular weight excluding hydrogens is 418 g/mol. The molecule has 2 aromatic rings. The van der Waals surface area contributed by atoms with Crippen molar-refractivity contribution in [2.75, 3.05) is 14.2 Å². The van der Waals surface area contributed by atoms with Crippen molar-refractivity contribution in [1.82, 2.24) is 4.90 Å². The van der Waals surface area contributed by atoms with Gasteiger partial charge in [0.15, 0.2) is 11.5 Å². The van der Waals surface area contributed by atoms with Crippen LogP contribution in [0.5, 0.6) is 11.5 Å². The number of amides is 2. The van der Waals surface area contributed by atoms with Crippen molar-refractivity contribution in [3.63, 3.8) is 0 Å². The van der Waals surface area contributed by atoms with Gasteiger partial charge in [-0.1, -0.05) is 40.2 Å². The SMILES string of the molecule is COc1ccc(/C=C2/SC(=O)N(Cc3ccccc3Br)C2=O)cc1OC. The van der Waals surface area contributed by atoms with Gasteiger partial charge in [0, 0.05) is 4.47 Å². The molecule has 0 unspecified atom stereocenters. The van der Waals surface area contributed by atoms with Gasteiger partial charge in [-0.15, -0.1) is 0 Å². The summed E-state index contributed by atoms with van der Waals surface area (Å²) in [7, 11) is 3.11. The van der Waals surface area contributed by atoms with Crippen LogP contribution in [0.1, 0.15) is 11.1 Å². The average molecular weight is 434 g/mol. The van der Waals surface area contributed by atoms with E-state index in [0.29, 0.717) is 16.4 Å². The number of carbonyl (C=O) groups excluding carboxylic acids is 2. The van der Waals surface area contributed by atoms with E-state index in [-0.39, 0.29) is 17.7 Å². The molecule has 134 valence electrons. The monoisotopic (exact) mass is 433 g/mol. The van der Waals surface area contributed by atoms with Crippen LogP contribution in [0.4, 0.5) is 4.79 Å². The van der Waals surface area contributed by atoms with Crippen LogP contribution in [0.25, 0.3) is 6.08 Å². The van der Waals surface area contributed by atoms with Gasteiger partial charge in [-0.2, -0.15) is 0 Å². The lowest BCUT2D eigenvalue weighted by atomic mass is 10.1. The van der Waals surface area contributed by atoms with Crippen molar-refractivity contribution in [2.24, 2.45) is 0 Å². The average Bonchev–Trinajstić information content (AvgIpc) is 2.90. The van der Waals surface area contributed by atoms with E-state index in [9.17, 15) is 9.59 Å². The van der Waals surface area contributed by atoms with E-state index in [1.165, 1.54) is 4.90 Å². The molecule has 1 aliphatic heterocycles. The zero-order chi connectivity index (χ0) is 18.7. The number of rotatable bonds is 5. The van der Waals surface area contributed by atoms with Gasteiger partial charge in [0.2, 0.25) is 0 Å². The number of hydrogen-bond acceptors (Lipinski definition) is 5. The molecule has 0 spiro atoms. The lowest BCUT2D eigenvalue weighted by molar-refractivity contribution is -0.123. The van der Waals surface area contributed by atoms with E-state index in [0.717, 1.165) is 27.4 Å². The van der Waals surface area contributed by atoms with Gasteiger partial charge in [-0.25, -0.2) is 0 Å².